The molecule has 29 heavy (non-hydrogen) atoms. The second kappa shape index (κ2) is 8.45. The van der Waals surface area contributed by atoms with Crippen molar-refractivity contribution in [2.45, 2.75) is 19.5 Å². The second-order valence-corrected chi connectivity index (χ2v) is 7.82. The van der Waals surface area contributed by atoms with Crippen LogP contribution in [0.25, 0.3) is 0 Å². The Morgan fingerprint density at radius 1 is 1.17 bits per heavy atom. The third-order valence-electron chi connectivity index (χ3n) is 4.61. The van der Waals surface area contributed by atoms with Gasteiger partial charge in [-0.15, -0.1) is 11.3 Å². The van der Waals surface area contributed by atoms with Crippen LogP contribution in [0.2, 0.25) is 0 Å². The van der Waals surface area contributed by atoms with Crippen LogP contribution in [0.5, 0.6) is 5.75 Å². The van der Waals surface area contributed by atoms with Gasteiger partial charge in [-0.1, -0.05) is 18.2 Å². The molecule has 1 aliphatic heterocycles. The molecule has 0 unspecified atom stereocenters. The van der Waals surface area contributed by atoms with Gasteiger partial charge >= 0.3 is 0 Å². The van der Waals surface area contributed by atoms with Crippen molar-refractivity contribution in [1.82, 2.24) is 4.90 Å². The van der Waals surface area contributed by atoms with Crippen LogP contribution in [-0.2, 0) is 29.1 Å². The Labute approximate surface area is 171 Å². The number of amides is 2. The minimum Gasteiger partial charge on any atom is -0.483 e. The van der Waals surface area contributed by atoms with Crippen LogP contribution in [0.1, 0.15) is 16.0 Å². The minimum absolute atomic E-state index is 0.0573. The zero-order valence-electron chi connectivity index (χ0n) is 15.6. The van der Waals surface area contributed by atoms with E-state index in [-0.39, 0.29) is 24.2 Å². The predicted molar refractivity (Wildman–Crippen MR) is 109 cm³/mol. The van der Waals surface area contributed by atoms with Gasteiger partial charge in [-0.3, -0.25) is 9.59 Å². The van der Waals surface area contributed by atoms with Crippen molar-refractivity contribution in [3.63, 3.8) is 0 Å². The second-order valence-electron chi connectivity index (χ2n) is 6.79. The van der Waals surface area contributed by atoms with Gasteiger partial charge in [-0.05, 0) is 47.3 Å². The van der Waals surface area contributed by atoms with E-state index in [1.54, 1.807) is 40.5 Å². The van der Waals surface area contributed by atoms with E-state index in [9.17, 15) is 14.0 Å². The first kappa shape index (κ1) is 19.1. The van der Waals surface area contributed by atoms with Gasteiger partial charge in [-0.2, -0.15) is 0 Å². The Kier molecular flexibility index (Phi) is 5.57. The van der Waals surface area contributed by atoms with Gasteiger partial charge in [0.1, 0.15) is 11.6 Å². The topological polar surface area (TPSA) is 58.6 Å². The number of fused-ring (bicyclic) bond motifs is 1. The molecule has 0 radical (unpaired) electrons. The lowest BCUT2D eigenvalue weighted by atomic mass is 10.1. The highest BCUT2D eigenvalue weighted by atomic mass is 32.1. The summed E-state index contributed by atoms with van der Waals surface area (Å²) in [6.45, 7) is 0.648. The van der Waals surface area contributed by atoms with Crippen LogP contribution in [0.3, 0.4) is 0 Å². The number of benzene rings is 2. The summed E-state index contributed by atoms with van der Waals surface area (Å²) in [5.41, 5.74) is 2.31. The molecule has 5 nitrogen and oxygen atoms in total. The van der Waals surface area contributed by atoms with Crippen molar-refractivity contribution in [2.75, 3.05) is 11.9 Å². The number of nitrogens with one attached hydrogen (secondary N) is 1. The predicted octanol–water partition coefficient (Wildman–Crippen LogP) is 3.99. The molecule has 0 atom stereocenters. The number of nitrogens with zero attached hydrogens (tertiary/aromatic N) is 1. The third-order valence-corrected chi connectivity index (χ3v) is 5.49. The Balaban J connectivity index is 1.48. The van der Waals surface area contributed by atoms with E-state index in [4.69, 9.17) is 4.74 Å². The number of anilines is 1. The maximum absolute atomic E-state index is 13.1. The Hall–Kier alpha value is -3.19. The number of rotatable bonds is 5. The molecule has 0 fully saturated rings. The summed E-state index contributed by atoms with van der Waals surface area (Å²) in [6.07, 6.45) is 0.320. The fourth-order valence-electron chi connectivity index (χ4n) is 3.18. The van der Waals surface area contributed by atoms with Crippen molar-refractivity contribution in [3.05, 3.63) is 81.8 Å². The SMILES string of the molecule is O=C(Cc1cccs1)Nc1ccc2c(c1)CN(Cc1ccc(F)cc1)C(=O)CO2. The molecule has 0 saturated carbocycles. The summed E-state index contributed by atoms with van der Waals surface area (Å²) in [4.78, 5) is 27.4. The summed E-state index contributed by atoms with van der Waals surface area (Å²) < 4.78 is 18.8. The first-order valence-corrected chi connectivity index (χ1v) is 10.0. The molecular formula is C22H19FN2O3S. The van der Waals surface area contributed by atoms with Crippen molar-refractivity contribution >= 4 is 28.8 Å². The smallest absolute Gasteiger partial charge is 0.261 e. The van der Waals surface area contributed by atoms with Crippen molar-refractivity contribution in [3.8, 4) is 5.75 Å². The maximum Gasteiger partial charge on any atom is 0.261 e. The Morgan fingerprint density at radius 3 is 2.76 bits per heavy atom. The molecule has 2 aromatic carbocycles. The molecule has 4 rings (SSSR count). The average Bonchev–Trinajstić information content (AvgIpc) is 3.15. The number of hydrogen-bond donors (Lipinski definition) is 1. The van der Waals surface area contributed by atoms with Crippen LogP contribution >= 0.6 is 11.3 Å². The monoisotopic (exact) mass is 410 g/mol. The van der Waals surface area contributed by atoms with Crippen LogP contribution in [0.15, 0.2) is 60.0 Å². The number of hydrogen-bond acceptors (Lipinski definition) is 4. The normalized spacial score (nSPS) is 13.4. The van der Waals surface area contributed by atoms with Crippen molar-refractivity contribution < 1.29 is 18.7 Å². The van der Waals surface area contributed by atoms with Gasteiger partial charge < -0.3 is 15.0 Å². The number of halogens is 1. The Bertz CT molecular complexity index is 1020. The van der Waals surface area contributed by atoms with Gasteiger partial charge in [0.2, 0.25) is 5.91 Å². The fraction of sp³-hybridized carbons (Fsp3) is 0.182. The van der Waals surface area contributed by atoms with E-state index in [1.165, 1.54) is 12.1 Å². The number of thiophene rings is 1. The van der Waals surface area contributed by atoms with Gasteiger partial charge in [0.25, 0.3) is 5.91 Å². The molecule has 0 spiro atoms. The number of carbonyl (C=O) groups excluding carboxylic acids is 2. The zero-order valence-corrected chi connectivity index (χ0v) is 16.4. The van der Waals surface area contributed by atoms with Gasteiger partial charge in [-0.25, -0.2) is 4.39 Å². The summed E-state index contributed by atoms with van der Waals surface area (Å²) in [6, 6.07) is 15.3. The molecule has 7 heteroatoms. The van der Waals surface area contributed by atoms with E-state index in [1.807, 2.05) is 23.6 Å². The first-order chi connectivity index (χ1) is 14.1. The fourth-order valence-corrected chi connectivity index (χ4v) is 3.88. The summed E-state index contributed by atoms with van der Waals surface area (Å²) in [7, 11) is 0. The van der Waals surface area contributed by atoms with E-state index >= 15 is 0 Å². The maximum atomic E-state index is 13.1. The average molecular weight is 410 g/mol. The number of ether oxygens (including phenoxy) is 1. The molecule has 0 bridgehead atoms. The molecule has 2 heterocycles. The highest BCUT2D eigenvalue weighted by Crippen LogP contribution is 2.27. The molecule has 0 saturated heterocycles. The van der Waals surface area contributed by atoms with Crippen LogP contribution in [0, 0.1) is 5.82 Å². The molecule has 0 aliphatic carbocycles. The molecule has 2 amide bonds. The molecule has 1 aliphatic rings. The number of carbonyl (C=O) groups is 2. The van der Waals surface area contributed by atoms with E-state index in [0.29, 0.717) is 30.9 Å². The van der Waals surface area contributed by atoms with Gasteiger partial charge in [0.05, 0.1) is 6.42 Å². The van der Waals surface area contributed by atoms with Gasteiger partial charge in [0, 0.05) is 29.2 Å². The molecule has 1 aromatic heterocycles. The molecule has 1 N–H and O–H groups in total. The van der Waals surface area contributed by atoms with E-state index in [0.717, 1.165) is 16.0 Å². The Morgan fingerprint density at radius 2 is 2.00 bits per heavy atom. The van der Waals surface area contributed by atoms with E-state index in [2.05, 4.69) is 5.32 Å². The summed E-state index contributed by atoms with van der Waals surface area (Å²) >= 11 is 1.54. The molecular weight excluding hydrogens is 391 g/mol. The minimum atomic E-state index is -0.312. The van der Waals surface area contributed by atoms with Crippen LogP contribution in [-0.4, -0.2) is 23.3 Å². The largest absolute Gasteiger partial charge is 0.483 e. The lowest BCUT2D eigenvalue weighted by molar-refractivity contribution is -0.133. The lowest BCUT2D eigenvalue weighted by Gasteiger charge is -2.20. The highest BCUT2D eigenvalue weighted by Gasteiger charge is 2.22. The quantitative estimate of drug-likeness (QED) is 0.692. The third kappa shape index (κ3) is 4.81. The first-order valence-electron chi connectivity index (χ1n) is 9.17. The molecule has 148 valence electrons. The summed E-state index contributed by atoms with van der Waals surface area (Å²) in [5.74, 6) is 0.0683. The highest BCUT2D eigenvalue weighted by molar-refractivity contribution is 7.10. The zero-order chi connectivity index (χ0) is 20.2. The van der Waals surface area contributed by atoms with Gasteiger partial charge in [0.15, 0.2) is 6.61 Å². The molecule has 3 aromatic rings. The van der Waals surface area contributed by atoms with Crippen LogP contribution in [0.4, 0.5) is 10.1 Å². The van der Waals surface area contributed by atoms with Crippen molar-refractivity contribution in [1.29, 1.82) is 0 Å². The summed E-state index contributed by atoms with van der Waals surface area (Å²) in [5, 5.41) is 4.84. The van der Waals surface area contributed by atoms with E-state index < -0.39 is 0 Å². The lowest BCUT2D eigenvalue weighted by Crippen LogP contribution is -2.31. The van der Waals surface area contributed by atoms with Crippen molar-refractivity contribution in [2.24, 2.45) is 0 Å². The van der Waals surface area contributed by atoms with Crippen LogP contribution < -0.4 is 10.1 Å². The standard InChI is InChI=1S/C22H19FN2O3S/c23-17-5-3-15(4-6-17)12-25-13-16-10-18(7-8-20(16)28-14-22(25)27)24-21(26)11-19-2-1-9-29-19/h1-10H,11-14H2,(H,24,26).